The van der Waals surface area contributed by atoms with Crippen LogP contribution in [0.4, 0.5) is 0 Å². The maximum Gasteiger partial charge on any atom is 0.330 e. The first kappa shape index (κ1) is 18.6. The van der Waals surface area contributed by atoms with Crippen LogP contribution in [0.1, 0.15) is 17.3 Å². The van der Waals surface area contributed by atoms with Gasteiger partial charge in [-0.3, -0.25) is 25.8 Å². The number of ether oxygens (including phenoxy) is 1. The minimum absolute atomic E-state index is 0.133. The Balaban J connectivity index is 2.39. The number of thiocarbonyl (C=S) groups is 1. The van der Waals surface area contributed by atoms with Gasteiger partial charge in [0.1, 0.15) is 0 Å². The van der Waals surface area contributed by atoms with Gasteiger partial charge in [0.2, 0.25) is 5.91 Å². The van der Waals surface area contributed by atoms with Crippen LogP contribution >= 0.6 is 23.8 Å². The van der Waals surface area contributed by atoms with Crippen molar-refractivity contribution in [3.63, 3.8) is 0 Å². The van der Waals surface area contributed by atoms with E-state index in [1.807, 2.05) is 0 Å². The minimum Gasteiger partial charge on any atom is -0.463 e. The van der Waals surface area contributed by atoms with E-state index in [0.717, 1.165) is 12.2 Å². The number of halogens is 1. The summed E-state index contributed by atoms with van der Waals surface area (Å²) >= 11 is 10.5. The zero-order valence-electron chi connectivity index (χ0n) is 12.1. The number of carbonyl (C=O) groups excluding carboxylic acids is 3. The van der Waals surface area contributed by atoms with Crippen LogP contribution in [0.3, 0.4) is 0 Å². The van der Waals surface area contributed by atoms with Crippen molar-refractivity contribution in [3.05, 3.63) is 47.0 Å². The second-order valence-electron chi connectivity index (χ2n) is 3.99. The third-order valence-electron chi connectivity index (χ3n) is 2.29. The standard InChI is InChI=1S/C14H14ClN3O4S/c1-2-22-12(20)8-7-11(19)16-14(23)18-17-13(21)9-3-5-10(15)6-4-9/h3-8H,2H2,1H3,(H,17,21)(H2,16,18,19,23). The highest BCUT2D eigenvalue weighted by molar-refractivity contribution is 7.80. The molecule has 0 saturated heterocycles. The fraction of sp³-hybridized carbons (Fsp3) is 0.143. The highest BCUT2D eigenvalue weighted by atomic mass is 35.5. The van der Waals surface area contributed by atoms with Crippen LogP contribution in [-0.2, 0) is 14.3 Å². The topological polar surface area (TPSA) is 96.5 Å². The van der Waals surface area contributed by atoms with Gasteiger partial charge in [-0.2, -0.15) is 0 Å². The Bertz CT molecular complexity index is 631. The Morgan fingerprint density at radius 2 is 1.83 bits per heavy atom. The predicted molar refractivity (Wildman–Crippen MR) is 88.6 cm³/mol. The van der Waals surface area contributed by atoms with Crippen LogP contribution in [0.15, 0.2) is 36.4 Å². The Kier molecular flexibility index (Phi) is 7.72. The van der Waals surface area contributed by atoms with Crippen LogP contribution in [-0.4, -0.2) is 29.5 Å². The summed E-state index contributed by atoms with van der Waals surface area (Å²) in [6.07, 6.45) is 1.93. The van der Waals surface area contributed by atoms with Crippen molar-refractivity contribution < 1.29 is 19.1 Å². The summed E-state index contributed by atoms with van der Waals surface area (Å²) in [5.74, 6) is -1.74. The molecule has 0 fully saturated rings. The highest BCUT2D eigenvalue weighted by Crippen LogP contribution is 2.08. The molecule has 0 saturated carbocycles. The number of nitrogens with one attached hydrogen (secondary N) is 3. The number of esters is 1. The Labute approximate surface area is 143 Å². The molecule has 0 unspecified atom stereocenters. The molecule has 0 aromatic heterocycles. The molecule has 1 aromatic carbocycles. The lowest BCUT2D eigenvalue weighted by Crippen LogP contribution is -2.48. The van der Waals surface area contributed by atoms with Gasteiger partial charge in [0.15, 0.2) is 5.11 Å². The van der Waals surface area contributed by atoms with Crippen LogP contribution in [0.25, 0.3) is 0 Å². The molecule has 23 heavy (non-hydrogen) atoms. The van der Waals surface area contributed by atoms with E-state index in [1.54, 1.807) is 19.1 Å². The summed E-state index contributed by atoms with van der Waals surface area (Å²) in [4.78, 5) is 34.2. The maximum atomic E-state index is 11.8. The van der Waals surface area contributed by atoms with Gasteiger partial charge in [0, 0.05) is 22.7 Å². The van der Waals surface area contributed by atoms with Crippen molar-refractivity contribution >= 4 is 46.7 Å². The van der Waals surface area contributed by atoms with Gasteiger partial charge in [-0.05, 0) is 43.4 Å². The summed E-state index contributed by atoms with van der Waals surface area (Å²) in [6.45, 7) is 1.86. The first-order chi connectivity index (χ1) is 10.9. The molecular weight excluding hydrogens is 342 g/mol. The summed E-state index contributed by atoms with van der Waals surface area (Å²) in [5.41, 5.74) is 5.02. The van der Waals surface area contributed by atoms with Crippen molar-refractivity contribution in [1.82, 2.24) is 16.2 Å². The summed E-state index contributed by atoms with van der Waals surface area (Å²) in [6, 6.07) is 6.19. The lowest BCUT2D eigenvalue weighted by Gasteiger charge is -2.09. The van der Waals surface area contributed by atoms with Gasteiger partial charge in [-0.1, -0.05) is 11.6 Å². The van der Waals surface area contributed by atoms with Gasteiger partial charge in [0.05, 0.1) is 6.61 Å². The molecule has 0 aliphatic carbocycles. The van der Waals surface area contributed by atoms with E-state index in [0.29, 0.717) is 10.6 Å². The van der Waals surface area contributed by atoms with Gasteiger partial charge in [0.25, 0.3) is 5.91 Å². The fourth-order valence-electron chi connectivity index (χ4n) is 1.31. The van der Waals surface area contributed by atoms with Crippen molar-refractivity contribution in [2.45, 2.75) is 6.92 Å². The number of benzene rings is 1. The first-order valence-corrected chi connectivity index (χ1v) is 7.22. The van der Waals surface area contributed by atoms with Crippen LogP contribution < -0.4 is 16.2 Å². The monoisotopic (exact) mass is 355 g/mol. The molecule has 3 N–H and O–H groups in total. The molecule has 2 amide bonds. The molecule has 9 heteroatoms. The van der Waals surface area contributed by atoms with Gasteiger partial charge in [-0.25, -0.2) is 4.79 Å². The van der Waals surface area contributed by atoms with Gasteiger partial charge >= 0.3 is 5.97 Å². The van der Waals surface area contributed by atoms with E-state index in [2.05, 4.69) is 20.9 Å². The second-order valence-corrected chi connectivity index (χ2v) is 4.83. The first-order valence-electron chi connectivity index (χ1n) is 6.44. The molecule has 0 radical (unpaired) electrons. The average Bonchev–Trinajstić information content (AvgIpc) is 2.51. The molecule has 0 bridgehead atoms. The summed E-state index contributed by atoms with van der Waals surface area (Å²) < 4.78 is 4.61. The van der Waals surface area contributed by atoms with Crippen molar-refractivity contribution in [2.24, 2.45) is 0 Å². The molecule has 0 aliphatic heterocycles. The van der Waals surface area contributed by atoms with Gasteiger partial charge in [-0.15, -0.1) is 0 Å². The normalized spacial score (nSPS) is 10.0. The quantitative estimate of drug-likeness (QED) is 0.324. The lowest BCUT2D eigenvalue weighted by molar-refractivity contribution is -0.137. The van der Waals surface area contributed by atoms with E-state index in [1.165, 1.54) is 12.1 Å². The highest BCUT2D eigenvalue weighted by Gasteiger charge is 2.06. The average molecular weight is 356 g/mol. The molecule has 7 nitrogen and oxygen atoms in total. The molecule has 0 aliphatic rings. The summed E-state index contributed by atoms with van der Waals surface area (Å²) in [7, 11) is 0. The zero-order valence-corrected chi connectivity index (χ0v) is 13.7. The van der Waals surface area contributed by atoms with Crippen LogP contribution in [0.5, 0.6) is 0 Å². The molecule has 1 rings (SSSR count). The minimum atomic E-state index is -0.642. The number of rotatable bonds is 4. The van der Waals surface area contributed by atoms with Crippen molar-refractivity contribution in [3.8, 4) is 0 Å². The number of amides is 2. The predicted octanol–water partition coefficient (Wildman–Crippen LogP) is 1.09. The van der Waals surface area contributed by atoms with Crippen LogP contribution in [0.2, 0.25) is 5.02 Å². The van der Waals surface area contributed by atoms with Crippen molar-refractivity contribution in [1.29, 1.82) is 0 Å². The van der Waals surface area contributed by atoms with E-state index >= 15 is 0 Å². The molecule has 0 heterocycles. The largest absolute Gasteiger partial charge is 0.463 e. The Hall–Kier alpha value is -2.45. The zero-order chi connectivity index (χ0) is 17.2. The van der Waals surface area contributed by atoms with Crippen molar-refractivity contribution in [2.75, 3.05) is 6.61 Å². The molecular formula is C14H14ClN3O4S. The fourth-order valence-corrected chi connectivity index (χ4v) is 1.58. The third-order valence-corrected chi connectivity index (χ3v) is 2.75. The third kappa shape index (κ3) is 7.39. The second kappa shape index (κ2) is 9.54. The number of hydrogen-bond acceptors (Lipinski definition) is 5. The number of hydrazine groups is 1. The SMILES string of the molecule is CCOC(=O)C=CC(=O)NC(=S)NNC(=O)c1ccc(Cl)cc1. The van der Waals surface area contributed by atoms with E-state index in [9.17, 15) is 14.4 Å². The van der Waals surface area contributed by atoms with E-state index in [-0.39, 0.29) is 11.7 Å². The number of hydrogen-bond donors (Lipinski definition) is 3. The maximum absolute atomic E-state index is 11.8. The Morgan fingerprint density at radius 1 is 1.17 bits per heavy atom. The molecule has 122 valence electrons. The molecule has 0 atom stereocenters. The number of carbonyl (C=O) groups is 3. The van der Waals surface area contributed by atoms with Crippen LogP contribution in [0, 0.1) is 0 Å². The Morgan fingerprint density at radius 3 is 2.43 bits per heavy atom. The van der Waals surface area contributed by atoms with E-state index < -0.39 is 17.8 Å². The molecule has 0 spiro atoms. The smallest absolute Gasteiger partial charge is 0.330 e. The summed E-state index contributed by atoms with van der Waals surface area (Å²) in [5, 5.41) is 2.62. The van der Waals surface area contributed by atoms with Gasteiger partial charge < -0.3 is 4.74 Å². The molecule has 1 aromatic rings. The van der Waals surface area contributed by atoms with E-state index in [4.69, 9.17) is 23.8 Å². The lowest BCUT2D eigenvalue weighted by atomic mass is 10.2.